The molecule has 0 saturated carbocycles. The molecule has 3 rings (SSSR count). The Morgan fingerprint density at radius 1 is 1.09 bits per heavy atom. The first-order valence-corrected chi connectivity index (χ1v) is 11.3. The van der Waals surface area contributed by atoms with Crippen molar-refractivity contribution < 1.29 is 18.8 Å². The standard InChI is InChI=1S/C25H33N5O4/c1-16(2)14-29(15-17(3)4)21-10-9-19(30-11-7-8-22(30)24(31)33-6)13-20(21)26-25(32)27-23-12-18(5)28-34-23/h7-13,16-17H,14-15H2,1-6H3,(H2,26,27,32). The third-order valence-corrected chi connectivity index (χ3v) is 5.03. The molecule has 1 aromatic carbocycles. The van der Waals surface area contributed by atoms with Crippen LogP contribution in [0.2, 0.25) is 0 Å². The van der Waals surface area contributed by atoms with Gasteiger partial charge in [0.1, 0.15) is 5.69 Å². The van der Waals surface area contributed by atoms with Crippen molar-refractivity contribution in [3.63, 3.8) is 0 Å². The fourth-order valence-electron chi connectivity index (χ4n) is 3.77. The van der Waals surface area contributed by atoms with E-state index < -0.39 is 12.0 Å². The molecule has 0 bridgehead atoms. The fraction of sp³-hybridized carbons (Fsp3) is 0.400. The van der Waals surface area contributed by atoms with Crippen molar-refractivity contribution in [3.05, 3.63) is 54.0 Å². The van der Waals surface area contributed by atoms with E-state index >= 15 is 0 Å². The van der Waals surface area contributed by atoms with Crippen LogP contribution < -0.4 is 15.5 Å². The molecule has 0 saturated heterocycles. The van der Waals surface area contributed by atoms with Gasteiger partial charge in [0.15, 0.2) is 0 Å². The number of carbonyl (C=O) groups excluding carboxylic acids is 2. The number of anilines is 3. The van der Waals surface area contributed by atoms with E-state index in [0.717, 1.165) is 18.8 Å². The number of ether oxygens (including phenoxy) is 1. The van der Waals surface area contributed by atoms with Gasteiger partial charge in [-0.25, -0.2) is 9.59 Å². The molecule has 2 heterocycles. The van der Waals surface area contributed by atoms with Crippen LogP contribution in [0.1, 0.15) is 43.9 Å². The Labute approximate surface area is 200 Å². The molecule has 0 aliphatic carbocycles. The summed E-state index contributed by atoms with van der Waals surface area (Å²) in [5, 5.41) is 9.42. The number of methoxy groups -OCH3 is 1. The van der Waals surface area contributed by atoms with Gasteiger partial charge in [0.2, 0.25) is 5.88 Å². The van der Waals surface area contributed by atoms with Crippen molar-refractivity contribution in [1.29, 1.82) is 0 Å². The highest BCUT2D eigenvalue weighted by Gasteiger charge is 2.19. The van der Waals surface area contributed by atoms with Crippen LogP contribution in [0.3, 0.4) is 0 Å². The maximum atomic E-state index is 12.8. The smallest absolute Gasteiger partial charge is 0.355 e. The zero-order chi connectivity index (χ0) is 24.8. The summed E-state index contributed by atoms with van der Waals surface area (Å²) in [5.74, 6) is 0.663. The normalized spacial score (nSPS) is 11.1. The summed E-state index contributed by atoms with van der Waals surface area (Å²) in [5.41, 5.74) is 3.28. The van der Waals surface area contributed by atoms with Crippen molar-refractivity contribution in [1.82, 2.24) is 9.72 Å². The third kappa shape index (κ3) is 6.18. The van der Waals surface area contributed by atoms with Gasteiger partial charge in [-0.15, -0.1) is 0 Å². The lowest BCUT2D eigenvalue weighted by Gasteiger charge is -2.30. The lowest BCUT2D eigenvalue weighted by atomic mass is 10.1. The second-order valence-corrected chi connectivity index (χ2v) is 9.06. The van der Waals surface area contributed by atoms with Gasteiger partial charge in [0.05, 0.1) is 24.2 Å². The molecule has 9 heteroatoms. The SMILES string of the molecule is COC(=O)c1cccn1-c1ccc(N(CC(C)C)CC(C)C)c(NC(=O)Nc2cc(C)no2)c1. The summed E-state index contributed by atoms with van der Waals surface area (Å²) in [6.45, 7) is 12.1. The molecule has 0 fully saturated rings. The van der Waals surface area contributed by atoms with Crippen LogP contribution in [-0.4, -0.2) is 41.9 Å². The lowest BCUT2D eigenvalue weighted by molar-refractivity contribution is 0.0591. The number of benzene rings is 1. The Kier molecular flexibility index (Phi) is 7.99. The number of aromatic nitrogens is 2. The number of rotatable bonds is 9. The monoisotopic (exact) mass is 467 g/mol. The minimum Gasteiger partial charge on any atom is -0.464 e. The van der Waals surface area contributed by atoms with Gasteiger partial charge in [-0.3, -0.25) is 5.32 Å². The quantitative estimate of drug-likeness (QED) is 0.413. The first-order chi connectivity index (χ1) is 16.2. The number of nitrogens with zero attached hydrogens (tertiary/aromatic N) is 3. The Bertz CT molecular complexity index is 1120. The van der Waals surface area contributed by atoms with E-state index in [-0.39, 0.29) is 5.88 Å². The number of aryl methyl sites for hydroxylation is 1. The number of urea groups is 1. The highest BCUT2D eigenvalue weighted by molar-refractivity contribution is 6.01. The van der Waals surface area contributed by atoms with Crippen LogP contribution in [0, 0.1) is 18.8 Å². The van der Waals surface area contributed by atoms with Gasteiger partial charge < -0.3 is 24.0 Å². The fourth-order valence-corrected chi connectivity index (χ4v) is 3.77. The number of carbonyl (C=O) groups is 2. The lowest BCUT2D eigenvalue weighted by Crippen LogP contribution is -2.32. The largest absolute Gasteiger partial charge is 0.464 e. The van der Waals surface area contributed by atoms with Crippen LogP contribution in [-0.2, 0) is 4.74 Å². The molecule has 2 N–H and O–H groups in total. The van der Waals surface area contributed by atoms with Crippen LogP contribution in [0.5, 0.6) is 0 Å². The number of hydrogen-bond acceptors (Lipinski definition) is 6. The minimum absolute atomic E-state index is 0.257. The number of nitrogens with one attached hydrogen (secondary N) is 2. The van der Waals surface area contributed by atoms with Crippen molar-refractivity contribution in [2.24, 2.45) is 11.8 Å². The van der Waals surface area contributed by atoms with Crippen molar-refractivity contribution in [2.45, 2.75) is 34.6 Å². The molecule has 9 nitrogen and oxygen atoms in total. The summed E-state index contributed by atoms with van der Waals surface area (Å²) in [7, 11) is 1.35. The highest BCUT2D eigenvalue weighted by atomic mass is 16.5. The Balaban J connectivity index is 2.01. The zero-order valence-electron chi connectivity index (χ0n) is 20.6. The molecule has 34 heavy (non-hydrogen) atoms. The molecule has 0 atom stereocenters. The van der Waals surface area contributed by atoms with Crippen LogP contribution in [0.4, 0.5) is 22.1 Å². The predicted octanol–water partition coefficient (Wildman–Crippen LogP) is 5.32. The molecule has 2 amide bonds. The van der Waals surface area contributed by atoms with E-state index in [2.05, 4.69) is 48.4 Å². The second kappa shape index (κ2) is 10.9. The van der Waals surface area contributed by atoms with Crippen LogP contribution in [0.15, 0.2) is 47.1 Å². The Hall–Kier alpha value is -3.75. The molecule has 3 aromatic rings. The molecular weight excluding hydrogens is 434 g/mol. The number of hydrogen-bond donors (Lipinski definition) is 2. The summed E-state index contributed by atoms with van der Waals surface area (Å²) in [6, 6.07) is 10.4. The second-order valence-electron chi connectivity index (χ2n) is 9.06. The number of amides is 2. The Morgan fingerprint density at radius 2 is 1.79 bits per heavy atom. The van der Waals surface area contributed by atoms with E-state index in [0.29, 0.717) is 34.6 Å². The molecule has 0 unspecified atom stereocenters. The van der Waals surface area contributed by atoms with Gasteiger partial charge in [-0.1, -0.05) is 32.9 Å². The maximum Gasteiger partial charge on any atom is 0.355 e. The Morgan fingerprint density at radius 3 is 2.38 bits per heavy atom. The maximum absolute atomic E-state index is 12.8. The highest BCUT2D eigenvalue weighted by Crippen LogP contribution is 2.31. The summed E-state index contributed by atoms with van der Waals surface area (Å²) >= 11 is 0. The molecule has 0 radical (unpaired) electrons. The predicted molar refractivity (Wildman–Crippen MR) is 133 cm³/mol. The van der Waals surface area contributed by atoms with Crippen LogP contribution in [0.25, 0.3) is 5.69 Å². The van der Waals surface area contributed by atoms with Gasteiger partial charge in [0, 0.05) is 31.0 Å². The summed E-state index contributed by atoms with van der Waals surface area (Å²) in [6.07, 6.45) is 1.78. The molecule has 182 valence electrons. The summed E-state index contributed by atoms with van der Waals surface area (Å²) < 4.78 is 11.7. The van der Waals surface area contributed by atoms with Gasteiger partial charge >= 0.3 is 12.0 Å². The minimum atomic E-state index is -0.454. The van der Waals surface area contributed by atoms with E-state index in [9.17, 15) is 9.59 Å². The van der Waals surface area contributed by atoms with Crippen molar-refractivity contribution in [2.75, 3.05) is 35.7 Å². The van der Waals surface area contributed by atoms with Crippen LogP contribution >= 0.6 is 0 Å². The molecule has 0 aliphatic rings. The van der Waals surface area contributed by atoms with Gasteiger partial charge in [-0.05, 0) is 49.1 Å². The van der Waals surface area contributed by atoms with Gasteiger partial charge in [0.25, 0.3) is 0 Å². The van der Waals surface area contributed by atoms with E-state index in [1.807, 2.05) is 18.2 Å². The number of esters is 1. The molecule has 0 spiro atoms. The van der Waals surface area contributed by atoms with E-state index in [4.69, 9.17) is 9.26 Å². The topological polar surface area (TPSA) is 102 Å². The van der Waals surface area contributed by atoms with E-state index in [1.54, 1.807) is 35.9 Å². The summed E-state index contributed by atoms with van der Waals surface area (Å²) in [4.78, 5) is 27.3. The third-order valence-electron chi connectivity index (χ3n) is 5.03. The first kappa shape index (κ1) is 24.9. The molecule has 0 aliphatic heterocycles. The average molecular weight is 468 g/mol. The van der Waals surface area contributed by atoms with Crippen molar-refractivity contribution >= 4 is 29.3 Å². The van der Waals surface area contributed by atoms with Gasteiger partial charge in [-0.2, -0.15) is 0 Å². The van der Waals surface area contributed by atoms with Crippen molar-refractivity contribution in [3.8, 4) is 5.69 Å². The molecular formula is C25H33N5O4. The first-order valence-electron chi connectivity index (χ1n) is 11.3. The molecule has 2 aromatic heterocycles. The average Bonchev–Trinajstić information content (AvgIpc) is 3.41. The van der Waals surface area contributed by atoms with E-state index in [1.165, 1.54) is 7.11 Å². The zero-order valence-corrected chi connectivity index (χ0v) is 20.6.